The lowest BCUT2D eigenvalue weighted by atomic mass is 10.2. The molecule has 30 heavy (non-hydrogen) atoms. The molecule has 0 aliphatic rings. The molecular weight excluding hydrogens is 470 g/mol. The molecule has 4 aromatic rings. The minimum Gasteiger partial charge on any atom is -0.487 e. The fourth-order valence-electron chi connectivity index (χ4n) is 2.94. The second-order valence-electron chi connectivity index (χ2n) is 6.42. The van der Waals surface area contributed by atoms with Crippen molar-refractivity contribution in [2.24, 2.45) is 5.10 Å². The monoisotopic (exact) mass is 483 g/mol. The standard InChI is InChI=1S/C22H15BrClN3O3/c23-18-11-16(24)10-15(20(18)30-13-14-6-2-1-3-7-14)12-25-27-21(28)17-8-4-5-9-19(17)26-22(27)29/h1-12H,13H2,(H,26,29). The quantitative estimate of drug-likeness (QED) is 0.422. The molecule has 0 atom stereocenters. The van der Waals surface area contributed by atoms with E-state index in [1.807, 2.05) is 30.3 Å². The van der Waals surface area contributed by atoms with Gasteiger partial charge in [-0.25, -0.2) is 4.79 Å². The molecule has 0 unspecified atom stereocenters. The molecule has 0 saturated carbocycles. The van der Waals surface area contributed by atoms with Crippen LogP contribution in [0, 0.1) is 0 Å². The van der Waals surface area contributed by atoms with Gasteiger partial charge in [-0.15, -0.1) is 4.68 Å². The van der Waals surface area contributed by atoms with E-state index in [-0.39, 0.29) is 0 Å². The van der Waals surface area contributed by atoms with Crippen LogP contribution in [0.1, 0.15) is 11.1 Å². The number of para-hydroxylation sites is 1. The smallest absolute Gasteiger partial charge is 0.349 e. The average Bonchev–Trinajstić information content (AvgIpc) is 2.73. The molecule has 150 valence electrons. The lowest BCUT2D eigenvalue weighted by molar-refractivity contribution is 0.304. The number of ether oxygens (including phenoxy) is 1. The van der Waals surface area contributed by atoms with E-state index in [0.717, 1.165) is 10.2 Å². The van der Waals surface area contributed by atoms with Gasteiger partial charge >= 0.3 is 5.69 Å². The van der Waals surface area contributed by atoms with Crippen LogP contribution in [0.5, 0.6) is 5.75 Å². The zero-order valence-electron chi connectivity index (χ0n) is 15.5. The molecular formula is C22H15BrClN3O3. The predicted molar refractivity (Wildman–Crippen MR) is 122 cm³/mol. The van der Waals surface area contributed by atoms with E-state index in [1.54, 1.807) is 36.4 Å². The van der Waals surface area contributed by atoms with Gasteiger partial charge in [-0.1, -0.05) is 54.1 Å². The number of nitrogens with zero attached hydrogens (tertiary/aromatic N) is 2. The SMILES string of the molecule is O=c1[nH]c2ccccc2c(=O)n1N=Cc1cc(Cl)cc(Br)c1OCc1ccccc1. The van der Waals surface area contributed by atoms with Crippen LogP contribution >= 0.6 is 27.5 Å². The first-order valence-corrected chi connectivity index (χ1v) is 10.1. The Balaban J connectivity index is 1.73. The minimum absolute atomic E-state index is 0.332. The van der Waals surface area contributed by atoms with E-state index in [4.69, 9.17) is 16.3 Å². The van der Waals surface area contributed by atoms with Crippen LogP contribution < -0.4 is 16.0 Å². The summed E-state index contributed by atoms with van der Waals surface area (Å²) < 4.78 is 7.37. The van der Waals surface area contributed by atoms with Crippen molar-refractivity contribution in [1.82, 2.24) is 9.66 Å². The molecule has 1 N–H and O–H groups in total. The molecule has 0 fully saturated rings. The summed E-state index contributed by atoms with van der Waals surface area (Å²) in [6.07, 6.45) is 1.38. The molecule has 0 amide bonds. The van der Waals surface area contributed by atoms with Crippen molar-refractivity contribution in [2.75, 3.05) is 0 Å². The van der Waals surface area contributed by atoms with Crippen molar-refractivity contribution < 1.29 is 4.74 Å². The summed E-state index contributed by atoms with van der Waals surface area (Å²) >= 11 is 9.63. The van der Waals surface area contributed by atoms with E-state index in [2.05, 4.69) is 26.0 Å². The summed E-state index contributed by atoms with van der Waals surface area (Å²) in [5.74, 6) is 0.497. The Hall–Kier alpha value is -3.16. The third kappa shape index (κ3) is 4.22. The van der Waals surface area contributed by atoms with Crippen molar-refractivity contribution in [3.8, 4) is 5.75 Å². The van der Waals surface area contributed by atoms with Gasteiger partial charge in [0, 0.05) is 10.6 Å². The summed E-state index contributed by atoms with van der Waals surface area (Å²) in [5.41, 5.74) is 0.812. The molecule has 1 aromatic heterocycles. The van der Waals surface area contributed by atoms with E-state index in [9.17, 15) is 9.59 Å². The van der Waals surface area contributed by atoms with Gasteiger partial charge in [0.25, 0.3) is 5.56 Å². The molecule has 3 aromatic carbocycles. The molecule has 1 heterocycles. The van der Waals surface area contributed by atoms with E-state index in [1.165, 1.54) is 6.21 Å². The lowest BCUT2D eigenvalue weighted by Gasteiger charge is -2.12. The van der Waals surface area contributed by atoms with Crippen molar-refractivity contribution in [3.05, 3.63) is 108 Å². The van der Waals surface area contributed by atoms with Crippen molar-refractivity contribution >= 4 is 44.6 Å². The Kier molecular flexibility index (Phi) is 5.83. The van der Waals surface area contributed by atoms with Gasteiger partial charge in [0.1, 0.15) is 12.4 Å². The van der Waals surface area contributed by atoms with Gasteiger partial charge in [0.15, 0.2) is 0 Å². The number of aromatic amines is 1. The Morgan fingerprint density at radius 2 is 1.80 bits per heavy atom. The maximum atomic E-state index is 12.7. The normalized spacial score (nSPS) is 11.3. The number of fused-ring (bicyclic) bond motifs is 1. The first-order chi connectivity index (χ1) is 14.5. The number of benzene rings is 3. The molecule has 4 rings (SSSR count). The Labute approximate surface area is 184 Å². The maximum absolute atomic E-state index is 12.7. The number of H-pyrrole nitrogens is 1. The summed E-state index contributed by atoms with van der Waals surface area (Å²) in [6.45, 7) is 0.332. The maximum Gasteiger partial charge on any atom is 0.349 e. The minimum atomic E-state index is -0.636. The summed E-state index contributed by atoms with van der Waals surface area (Å²) in [5, 5.41) is 4.92. The van der Waals surface area contributed by atoms with Crippen LogP contribution in [-0.2, 0) is 6.61 Å². The van der Waals surface area contributed by atoms with Crippen LogP contribution in [0.25, 0.3) is 10.9 Å². The number of nitrogens with one attached hydrogen (secondary N) is 1. The predicted octanol–water partition coefficient (Wildman–Crippen LogP) is 4.57. The average molecular weight is 485 g/mol. The number of halogens is 2. The molecule has 0 aliphatic heterocycles. The topological polar surface area (TPSA) is 76.5 Å². The third-order valence-electron chi connectivity index (χ3n) is 4.36. The highest BCUT2D eigenvalue weighted by Crippen LogP contribution is 2.32. The third-order valence-corrected chi connectivity index (χ3v) is 5.17. The van der Waals surface area contributed by atoms with E-state index >= 15 is 0 Å². The van der Waals surface area contributed by atoms with Gasteiger partial charge in [-0.05, 0) is 45.8 Å². The summed E-state index contributed by atoms with van der Waals surface area (Å²) in [4.78, 5) is 27.6. The Morgan fingerprint density at radius 3 is 2.60 bits per heavy atom. The van der Waals surface area contributed by atoms with Crippen molar-refractivity contribution in [3.63, 3.8) is 0 Å². The highest BCUT2D eigenvalue weighted by molar-refractivity contribution is 9.10. The fraction of sp³-hybridized carbons (Fsp3) is 0.0455. The zero-order chi connectivity index (χ0) is 21.1. The molecule has 6 nitrogen and oxygen atoms in total. The number of aromatic nitrogens is 2. The highest BCUT2D eigenvalue weighted by Gasteiger charge is 2.11. The van der Waals surface area contributed by atoms with Crippen LogP contribution in [0.3, 0.4) is 0 Å². The van der Waals surface area contributed by atoms with Crippen LogP contribution in [0.2, 0.25) is 5.02 Å². The van der Waals surface area contributed by atoms with Crippen LogP contribution in [0.4, 0.5) is 0 Å². The Morgan fingerprint density at radius 1 is 1.07 bits per heavy atom. The van der Waals surface area contributed by atoms with Crippen LogP contribution in [0.15, 0.2) is 85.9 Å². The number of hydrogen-bond acceptors (Lipinski definition) is 4. The zero-order valence-corrected chi connectivity index (χ0v) is 17.9. The summed E-state index contributed by atoms with van der Waals surface area (Å²) in [6, 6.07) is 19.8. The highest BCUT2D eigenvalue weighted by atomic mass is 79.9. The van der Waals surface area contributed by atoms with Gasteiger partial charge in [-0.3, -0.25) is 4.79 Å². The number of rotatable bonds is 5. The van der Waals surface area contributed by atoms with Gasteiger partial charge < -0.3 is 9.72 Å². The molecule has 0 saturated heterocycles. The first-order valence-electron chi connectivity index (χ1n) is 8.97. The van der Waals surface area contributed by atoms with E-state index in [0.29, 0.717) is 38.3 Å². The second kappa shape index (κ2) is 8.69. The first kappa shape index (κ1) is 20.1. The van der Waals surface area contributed by atoms with E-state index < -0.39 is 11.2 Å². The molecule has 0 spiro atoms. The van der Waals surface area contributed by atoms with Crippen LogP contribution in [-0.4, -0.2) is 15.9 Å². The molecule has 8 heteroatoms. The Bertz CT molecular complexity index is 1360. The van der Waals surface area contributed by atoms with Crippen molar-refractivity contribution in [1.29, 1.82) is 0 Å². The molecule has 0 radical (unpaired) electrons. The largest absolute Gasteiger partial charge is 0.487 e. The molecule has 0 bridgehead atoms. The molecule has 0 aliphatic carbocycles. The summed E-state index contributed by atoms with van der Waals surface area (Å²) in [7, 11) is 0. The lowest BCUT2D eigenvalue weighted by Crippen LogP contribution is -2.32. The van der Waals surface area contributed by atoms with Gasteiger partial charge in [0.2, 0.25) is 0 Å². The van der Waals surface area contributed by atoms with Crippen molar-refractivity contribution in [2.45, 2.75) is 6.61 Å². The second-order valence-corrected chi connectivity index (χ2v) is 7.71. The van der Waals surface area contributed by atoms with Gasteiger partial charge in [-0.2, -0.15) is 5.10 Å². The number of hydrogen-bond donors (Lipinski definition) is 1. The van der Waals surface area contributed by atoms with Gasteiger partial charge in [0.05, 0.1) is 21.6 Å². The fourth-order valence-corrected chi connectivity index (χ4v) is 3.88.